The number of amidine groups is 1. The van der Waals surface area contributed by atoms with E-state index in [0.29, 0.717) is 34.9 Å². The molecule has 3 rings (SSSR count). The molecule has 0 saturated carbocycles. The monoisotopic (exact) mass is 487 g/mol. The van der Waals surface area contributed by atoms with Crippen LogP contribution >= 0.6 is 11.6 Å². The summed E-state index contributed by atoms with van der Waals surface area (Å²) in [5.41, 5.74) is 9.19. The molecule has 7 heteroatoms. The fraction of sp³-hybridized carbons (Fsp3) is 0.179. The van der Waals surface area contributed by atoms with Gasteiger partial charge in [-0.15, -0.1) is 0 Å². The van der Waals surface area contributed by atoms with Gasteiger partial charge in [-0.2, -0.15) is 4.99 Å². The summed E-state index contributed by atoms with van der Waals surface area (Å²) in [6.07, 6.45) is 1.04. The van der Waals surface area contributed by atoms with E-state index in [2.05, 4.69) is 22.2 Å². The number of carbonyl (C=O) groups is 2. The minimum Gasteiger partial charge on any atom is -0.448 e. The highest BCUT2D eigenvalue weighted by Gasteiger charge is 2.11. The van der Waals surface area contributed by atoms with Crippen molar-refractivity contribution < 1.29 is 14.3 Å². The molecule has 3 N–H and O–H groups in total. The number of amides is 1. The SMILES string of the molecule is CCCCOC(=O)N=C(N)c1ccc(NCC#Cc2ccc(C(=O)c3ccccc3Cl)cc2)cc1. The van der Waals surface area contributed by atoms with Gasteiger partial charge in [-0.25, -0.2) is 4.79 Å². The molecule has 3 aromatic carbocycles. The number of unbranched alkanes of at least 4 members (excludes halogenated alkanes) is 1. The predicted molar refractivity (Wildman–Crippen MR) is 140 cm³/mol. The number of nitrogens with zero attached hydrogens (tertiary/aromatic N) is 1. The van der Waals surface area contributed by atoms with Gasteiger partial charge in [0.05, 0.1) is 18.2 Å². The van der Waals surface area contributed by atoms with Gasteiger partial charge in [0.2, 0.25) is 0 Å². The Balaban J connectivity index is 1.52. The Labute approximate surface area is 210 Å². The van der Waals surface area contributed by atoms with E-state index < -0.39 is 6.09 Å². The maximum absolute atomic E-state index is 12.6. The number of ketones is 1. The highest BCUT2D eigenvalue weighted by atomic mass is 35.5. The highest BCUT2D eigenvalue weighted by Crippen LogP contribution is 2.19. The lowest BCUT2D eigenvalue weighted by Gasteiger charge is -2.05. The lowest BCUT2D eigenvalue weighted by molar-refractivity contribution is 0.103. The number of halogens is 1. The summed E-state index contributed by atoms with van der Waals surface area (Å²) < 4.78 is 4.99. The van der Waals surface area contributed by atoms with Crippen molar-refractivity contribution in [2.24, 2.45) is 10.7 Å². The molecule has 0 bridgehead atoms. The van der Waals surface area contributed by atoms with Crippen molar-refractivity contribution in [3.63, 3.8) is 0 Å². The fourth-order valence-corrected chi connectivity index (χ4v) is 3.28. The van der Waals surface area contributed by atoms with Crippen LogP contribution in [0.3, 0.4) is 0 Å². The minimum absolute atomic E-state index is 0.106. The topological polar surface area (TPSA) is 93.8 Å². The number of ether oxygens (including phenoxy) is 1. The number of hydrogen-bond donors (Lipinski definition) is 2. The molecule has 1 amide bonds. The highest BCUT2D eigenvalue weighted by molar-refractivity contribution is 6.35. The maximum atomic E-state index is 12.6. The lowest BCUT2D eigenvalue weighted by Crippen LogP contribution is -2.16. The zero-order valence-electron chi connectivity index (χ0n) is 19.4. The van der Waals surface area contributed by atoms with Gasteiger partial charge in [-0.05, 0) is 67.1 Å². The third-order valence-corrected chi connectivity index (χ3v) is 5.32. The van der Waals surface area contributed by atoms with Crippen LogP contribution in [-0.2, 0) is 4.74 Å². The van der Waals surface area contributed by atoms with Gasteiger partial charge in [0, 0.05) is 27.9 Å². The Hall–Kier alpha value is -4.08. The number of anilines is 1. The average Bonchev–Trinajstić information content (AvgIpc) is 2.87. The second-order valence-corrected chi connectivity index (χ2v) is 7.99. The summed E-state index contributed by atoms with van der Waals surface area (Å²) in [6.45, 7) is 2.77. The third kappa shape index (κ3) is 7.73. The predicted octanol–water partition coefficient (Wildman–Crippen LogP) is 5.68. The molecular weight excluding hydrogens is 462 g/mol. The first-order valence-corrected chi connectivity index (χ1v) is 11.6. The summed E-state index contributed by atoms with van der Waals surface area (Å²) in [5, 5.41) is 3.63. The molecule has 0 heterocycles. The van der Waals surface area contributed by atoms with Crippen molar-refractivity contribution in [3.8, 4) is 11.8 Å². The zero-order chi connectivity index (χ0) is 25.0. The molecule has 3 aromatic rings. The van der Waals surface area contributed by atoms with Gasteiger partial charge < -0.3 is 15.8 Å². The second kappa shape index (κ2) is 13.0. The molecule has 178 valence electrons. The molecule has 0 unspecified atom stereocenters. The van der Waals surface area contributed by atoms with Crippen LogP contribution in [0.25, 0.3) is 0 Å². The molecule has 35 heavy (non-hydrogen) atoms. The number of carbonyl (C=O) groups excluding carboxylic acids is 2. The van der Waals surface area contributed by atoms with Crippen LogP contribution in [0.1, 0.15) is 46.8 Å². The first-order chi connectivity index (χ1) is 17.0. The first-order valence-electron chi connectivity index (χ1n) is 11.2. The minimum atomic E-state index is -0.685. The van der Waals surface area contributed by atoms with Crippen molar-refractivity contribution in [1.29, 1.82) is 0 Å². The van der Waals surface area contributed by atoms with Gasteiger partial charge in [-0.1, -0.05) is 48.9 Å². The molecule has 0 aromatic heterocycles. The van der Waals surface area contributed by atoms with Gasteiger partial charge >= 0.3 is 6.09 Å². The number of benzene rings is 3. The Bertz CT molecular complexity index is 1260. The standard InChI is InChI=1S/C28H26ClN3O3/c1-2-3-19-35-28(34)32-27(30)22-14-16-23(17-15-22)31-18-6-7-20-10-12-21(13-11-20)26(33)24-8-4-5-9-25(24)29/h4-5,8-17,31H,2-3,18-19H2,1H3,(H2,30,32,34). The van der Waals surface area contributed by atoms with Crippen LogP contribution in [0.5, 0.6) is 0 Å². The molecule has 0 radical (unpaired) electrons. The smallest absolute Gasteiger partial charge is 0.435 e. The zero-order valence-corrected chi connectivity index (χ0v) is 20.1. The lowest BCUT2D eigenvalue weighted by atomic mass is 10.0. The van der Waals surface area contributed by atoms with Crippen LogP contribution < -0.4 is 11.1 Å². The van der Waals surface area contributed by atoms with Crippen LogP contribution in [0.15, 0.2) is 77.8 Å². The summed E-state index contributed by atoms with van der Waals surface area (Å²) >= 11 is 6.12. The molecule has 0 saturated heterocycles. The molecule has 0 aliphatic carbocycles. The van der Waals surface area contributed by atoms with Gasteiger partial charge in [0.1, 0.15) is 5.84 Å². The van der Waals surface area contributed by atoms with Gasteiger partial charge in [0.15, 0.2) is 5.78 Å². The number of nitrogens with one attached hydrogen (secondary N) is 1. The first kappa shape index (κ1) is 25.5. The Morgan fingerprint density at radius 2 is 1.69 bits per heavy atom. The van der Waals surface area contributed by atoms with Crippen molar-refractivity contribution in [2.75, 3.05) is 18.5 Å². The van der Waals surface area contributed by atoms with Crippen molar-refractivity contribution in [1.82, 2.24) is 0 Å². The van der Waals surface area contributed by atoms with Crippen molar-refractivity contribution in [3.05, 3.63) is 100 Å². The second-order valence-electron chi connectivity index (χ2n) is 7.58. The Morgan fingerprint density at radius 1 is 1.00 bits per heavy atom. The average molecular weight is 488 g/mol. The van der Waals surface area contributed by atoms with E-state index in [4.69, 9.17) is 22.1 Å². The number of nitrogens with two attached hydrogens (primary N) is 1. The maximum Gasteiger partial charge on any atom is 0.435 e. The van der Waals surface area contributed by atoms with E-state index >= 15 is 0 Å². The summed E-state index contributed by atoms with van der Waals surface area (Å²) in [6, 6.07) is 21.3. The largest absolute Gasteiger partial charge is 0.448 e. The van der Waals surface area contributed by atoms with Crippen LogP contribution in [0.2, 0.25) is 5.02 Å². The molecule has 0 aliphatic heterocycles. The van der Waals surface area contributed by atoms with Gasteiger partial charge in [0.25, 0.3) is 0 Å². The van der Waals surface area contributed by atoms with E-state index in [0.717, 1.165) is 24.1 Å². The normalized spacial score (nSPS) is 10.7. The van der Waals surface area contributed by atoms with Crippen molar-refractivity contribution in [2.45, 2.75) is 19.8 Å². The van der Waals surface area contributed by atoms with Crippen molar-refractivity contribution >= 4 is 35.0 Å². The van der Waals surface area contributed by atoms with E-state index in [9.17, 15) is 9.59 Å². The van der Waals surface area contributed by atoms with Crippen LogP contribution in [0, 0.1) is 11.8 Å². The number of aliphatic imine (C=N–C) groups is 1. The van der Waals surface area contributed by atoms with Crippen LogP contribution in [-0.4, -0.2) is 30.9 Å². The third-order valence-electron chi connectivity index (χ3n) is 5.00. The van der Waals surface area contributed by atoms with Crippen LogP contribution in [0.4, 0.5) is 10.5 Å². The number of hydrogen-bond acceptors (Lipinski definition) is 4. The molecule has 0 spiro atoms. The Kier molecular flexibility index (Phi) is 9.47. The quantitative estimate of drug-likeness (QED) is 0.140. The van der Waals surface area contributed by atoms with E-state index in [1.807, 2.05) is 19.1 Å². The molecule has 0 aliphatic rings. The molecular formula is C28H26ClN3O3. The van der Waals surface area contributed by atoms with E-state index in [-0.39, 0.29) is 11.6 Å². The molecule has 6 nitrogen and oxygen atoms in total. The van der Waals surface area contributed by atoms with E-state index in [1.54, 1.807) is 60.7 Å². The Morgan fingerprint density at radius 3 is 2.37 bits per heavy atom. The molecule has 0 atom stereocenters. The summed E-state index contributed by atoms with van der Waals surface area (Å²) in [5.74, 6) is 6.09. The fourth-order valence-electron chi connectivity index (χ4n) is 3.06. The van der Waals surface area contributed by atoms with Gasteiger partial charge in [-0.3, -0.25) is 4.79 Å². The molecule has 0 fully saturated rings. The summed E-state index contributed by atoms with van der Waals surface area (Å²) in [4.78, 5) is 28.0. The summed E-state index contributed by atoms with van der Waals surface area (Å²) in [7, 11) is 0. The van der Waals surface area contributed by atoms with E-state index in [1.165, 1.54) is 0 Å². The number of rotatable bonds is 8.